The molecular formula is C28H35FN6O7S. The van der Waals surface area contributed by atoms with Crippen molar-refractivity contribution in [2.24, 2.45) is 5.73 Å². The summed E-state index contributed by atoms with van der Waals surface area (Å²) in [6, 6.07) is 9.10. The van der Waals surface area contributed by atoms with Gasteiger partial charge in [0.2, 0.25) is 23.6 Å². The molecule has 1 aliphatic heterocycles. The molecule has 0 radical (unpaired) electrons. The van der Waals surface area contributed by atoms with E-state index >= 15 is 0 Å². The van der Waals surface area contributed by atoms with Crippen molar-refractivity contribution in [3.63, 3.8) is 0 Å². The number of hydrogen-bond donors (Lipinski definition) is 5. The molecule has 1 aliphatic rings. The molecule has 0 aromatic heterocycles. The van der Waals surface area contributed by atoms with Gasteiger partial charge in [-0.1, -0.05) is 30.3 Å². The summed E-state index contributed by atoms with van der Waals surface area (Å²) in [5.74, 6) is -3.20. The number of amides is 5. The summed E-state index contributed by atoms with van der Waals surface area (Å²) >= 11 is 0. The van der Waals surface area contributed by atoms with Crippen molar-refractivity contribution >= 4 is 39.8 Å². The average molecular weight is 619 g/mol. The van der Waals surface area contributed by atoms with Crippen LogP contribution in [0.3, 0.4) is 0 Å². The van der Waals surface area contributed by atoms with E-state index in [0.29, 0.717) is 12.8 Å². The second-order valence-electron chi connectivity index (χ2n) is 10.1. The highest BCUT2D eigenvalue weighted by atomic mass is 32.3. The molecule has 15 heteroatoms. The Bertz CT molecular complexity index is 1440. The highest BCUT2D eigenvalue weighted by molar-refractivity contribution is 7.86. The van der Waals surface area contributed by atoms with Crippen molar-refractivity contribution in [3.05, 3.63) is 65.7 Å². The van der Waals surface area contributed by atoms with Crippen molar-refractivity contribution in [2.75, 3.05) is 20.1 Å². The highest BCUT2D eigenvalue weighted by Crippen LogP contribution is 2.19. The predicted molar refractivity (Wildman–Crippen MR) is 154 cm³/mol. The van der Waals surface area contributed by atoms with Gasteiger partial charge in [-0.3, -0.25) is 24.0 Å². The van der Waals surface area contributed by atoms with Crippen LogP contribution in [0.5, 0.6) is 0 Å². The first-order valence-corrected chi connectivity index (χ1v) is 14.9. The smallest absolute Gasteiger partial charge is 0.332 e. The van der Waals surface area contributed by atoms with Crippen LogP contribution < -0.4 is 27.0 Å². The maximum absolute atomic E-state index is 13.7. The van der Waals surface area contributed by atoms with Gasteiger partial charge in [0.15, 0.2) is 0 Å². The van der Waals surface area contributed by atoms with Gasteiger partial charge >= 0.3 is 10.2 Å². The van der Waals surface area contributed by atoms with E-state index in [1.54, 1.807) is 38.2 Å². The van der Waals surface area contributed by atoms with Crippen LogP contribution in [0.25, 0.3) is 0 Å². The van der Waals surface area contributed by atoms with Crippen LogP contribution >= 0.6 is 0 Å². The molecule has 1 fully saturated rings. The topological polar surface area (TPSA) is 197 Å². The summed E-state index contributed by atoms with van der Waals surface area (Å²) in [7, 11) is -3.40. The van der Waals surface area contributed by atoms with Gasteiger partial charge in [-0.25, -0.2) is 0 Å². The molecule has 2 aromatic carbocycles. The van der Waals surface area contributed by atoms with Gasteiger partial charge < -0.3 is 31.9 Å². The minimum atomic E-state index is -4.95. The third kappa shape index (κ3) is 9.06. The Kier molecular flexibility index (Phi) is 11.3. The molecule has 2 aromatic rings. The zero-order valence-electron chi connectivity index (χ0n) is 23.7. The monoisotopic (exact) mass is 618 g/mol. The number of primary amides is 1. The minimum Gasteiger partial charge on any atom is -0.368 e. The third-order valence-corrected chi connectivity index (χ3v) is 7.92. The first kappa shape index (κ1) is 33.1. The summed E-state index contributed by atoms with van der Waals surface area (Å²) in [4.78, 5) is 65.1. The van der Waals surface area contributed by atoms with Crippen LogP contribution in [-0.2, 0) is 35.8 Å². The fourth-order valence-electron chi connectivity index (χ4n) is 4.54. The fraction of sp³-hybridized carbons (Fsp3) is 0.393. The fourth-order valence-corrected chi connectivity index (χ4v) is 5.00. The lowest BCUT2D eigenvalue weighted by Crippen LogP contribution is -2.59. The lowest BCUT2D eigenvalue weighted by atomic mass is 10.0. The number of halogens is 1. The van der Waals surface area contributed by atoms with E-state index in [9.17, 15) is 36.3 Å². The molecule has 1 heterocycles. The second-order valence-corrected chi connectivity index (χ2v) is 11.4. The number of carbonyl (C=O) groups is 5. The van der Waals surface area contributed by atoms with Crippen molar-refractivity contribution < 1.29 is 36.3 Å². The molecule has 0 saturated carbocycles. The summed E-state index contributed by atoms with van der Waals surface area (Å²) in [6.45, 7) is 1.39. The van der Waals surface area contributed by atoms with Crippen LogP contribution in [0.2, 0.25) is 0 Å². The molecule has 6 N–H and O–H groups in total. The third-order valence-electron chi connectivity index (χ3n) is 7.09. The molecule has 1 saturated heterocycles. The zero-order valence-corrected chi connectivity index (χ0v) is 24.5. The number of nitrogens with zero attached hydrogens (tertiary/aromatic N) is 1. The first-order valence-electron chi connectivity index (χ1n) is 13.6. The van der Waals surface area contributed by atoms with Crippen LogP contribution in [0.1, 0.15) is 35.7 Å². The van der Waals surface area contributed by atoms with Crippen molar-refractivity contribution in [1.82, 2.24) is 26.2 Å². The van der Waals surface area contributed by atoms with Gasteiger partial charge in [-0.05, 0) is 56.6 Å². The van der Waals surface area contributed by atoms with E-state index in [0.717, 1.165) is 29.8 Å². The summed E-state index contributed by atoms with van der Waals surface area (Å²) in [5, 5.41) is 10.5. The van der Waals surface area contributed by atoms with E-state index in [1.165, 1.54) is 4.90 Å². The Labute approximate surface area is 249 Å². The van der Waals surface area contributed by atoms with E-state index in [4.69, 9.17) is 5.73 Å². The standard InChI is InChI=1S/C28H35FN6O7S/c1-17(31-2)25(37)34-22(16-32-26(38)19-10-12-20(13-11-19)43(29,41)42)28(40)35-14-6-9-23(35)27(39)33-21(24(30)36)15-18-7-4-3-5-8-18/h3-5,7-8,10-13,17,21-23,31H,6,9,14-16H2,1-2H3,(H2,30,36)(H,32,38)(H,33,39)(H,34,37)/t17-,21-,22-,23-/m0/s1. The molecule has 0 aliphatic carbocycles. The Hall–Kier alpha value is -4.37. The van der Waals surface area contributed by atoms with Gasteiger partial charge in [0, 0.05) is 25.1 Å². The van der Waals surface area contributed by atoms with Gasteiger partial charge in [0.25, 0.3) is 5.91 Å². The maximum atomic E-state index is 13.7. The first-order chi connectivity index (χ1) is 20.3. The number of likely N-dealkylation sites (N-methyl/N-ethyl adjacent to an activating group) is 1. The zero-order chi connectivity index (χ0) is 31.7. The van der Waals surface area contributed by atoms with Crippen LogP contribution in [0.15, 0.2) is 59.5 Å². The van der Waals surface area contributed by atoms with Crippen LogP contribution in [-0.4, -0.2) is 87.2 Å². The number of rotatable bonds is 13. The number of nitrogens with one attached hydrogen (secondary N) is 4. The summed E-state index contributed by atoms with van der Waals surface area (Å²) < 4.78 is 35.3. The normalized spacial score (nSPS) is 16.9. The van der Waals surface area contributed by atoms with Crippen LogP contribution in [0, 0.1) is 0 Å². The Morgan fingerprint density at radius 2 is 1.65 bits per heavy atom. The summed E-state index contributed by atoms with van der Waals surface area (Å²) in [5.41, 5.74) is 6.31. The van der Waals surface area contributed by atoms with Gasteiger partial charge in [-0.2, -0.15) is 8.42 Å². The number of hydrogen-bond acceptors (Lipinski definition) is 8. The largest absolute Gasteiger partial charge is 0.368 e. The average Bonchev–Trinajstić information content (AvgIpc) is 3.48. The molecule has 0 spiro atoms. The van der Waals surface area contributed by atoms with Crippen molar-refractivity contribution in [2.45, 2.75) is 55.2 Å². The predicted octanol–water partition coefficient (Wildman–Crippen LogP) is -0.629. The SMILES string of the molecule is CN[C@@H](C)C(=O)N[C@@H](CNC(=O)c1ccc(S(=O)(=O)F)cc1)C(=O)N1CCC[C@H]1C(=O)N[C@@H](Cc1ccccc1)C(N)=O. The lowest BCUT2D eigenvalue weighted by Gasteiger charge is -2.30. The van der Waals surface area contributed by atoms with E-state index in [-0.39, 0.29) is 25.1 Å². The maximum Gasteiger partial charge on any atom is 0.332 e. The Morgan fingerprint density at radius 3 is 2.23 bits per heavy atom. The molecule has 0 unspecified atom stereocenters. The second kappa shape index (κ2) is 14.7. The van der Waals surface area contributed by atoms with Gasteiger partial charge in [0.1, 0.15) is 18.1 Å². The molecular weight excluding hydrogens is 583 g/mol. The van der Waals surface area contributed by atoms with Crippen molar-refractivity contribution in [3.8, 4) is 0 Å². The molecule has 4 atom stereocenters. The summed E-state index contributed by atoms with van der Waals surface area (Å²) in [6.07, 6.45) is 0.944. The number of likely N-dealkylation sites (tertiary alicyclic amines) is 1. The minimum absolute atomic E-state index is 0.0112. The molecule has 43 heavy (non-hydrogen) atoms. The Balaban J connectivity index is 1.74. The molecule has 13 nitrogen and oxygen atoms in total. The molecule has 232 valence electrons. The quantitative estimate of drug-likeness (QED) is 0.183. The number of benzene rings is 2. The van der Waals surface area contributed by atoms with E-state index in [1.807, 2.05) is 6.07 Å². The molecule has 0 bridgehead atoms. The lowest BCUT2D eigenvalue weighted by molar-refractivity contribution is -0.142. The van der Waals surface area contributed by atoms with Gasteiger partial charge in [-0.15, -0.1) is 3.89 Å². The Morgan fingerprint density at radius 1 is 1.00 bits per heavy atom. The van der Waals surface area contributed by atoms with Crippen LogP contribution in [0.4, 0.5) is 3.89 Å². The van der Waals surface area contributed by atoms with E-state index in [2.05, 4.69) is 21.3 Å². The van der Waals surface area contributed by atoms with Crippen molar-refractivity contribution in [1.29, 1.82) is 0 Å². The number of nitrogens with two attached hydrogens (primary N) is 1. The molecule has 5 amide bonds. The molecule has 3 rings (SSSR count). The van der Waals surface area contributed by atoms with Gasteiger partial charge in [0.05, 0.1) is 10.9 Å². The van der Waals surface area contributed by atoms with E-state index < -0.39 is 68.8 Å². The highest BCUT2D eigenvalue weighted by Gasteiger charge is 2.39. The number of carbonyl (C=O) groups excluding carboxylic acids is 5.